The molecule has 0 aliphatic carbocycles. The Balaban J connectivity index is 3.64. The molecule has 0 aliphatic rings. The van der Waals surface area contributed by atoms with Crippen LogP contribution in [0.25, 0.3) is 0 Å². The third-order valence-corrected chi connectivity index (χ3v) is 3.61. The van der Waals surface area contributed by atoms with E-state index in [4.69, 9.17) is 10.4 Å². The number of carboxylic acid groups (broad SMARTS) is 1. The van der Waals surface area contributed by atoms with Crippen molar-refractivity contribution in [3.63, 3.8) is 0 Å². The van der Waals surface area contributed by atoms with Gasteiger partial charge in [-0.05, 0) is 44.6 Å². The highest BCUT2D eigenvalue weighted by molar-refractivity contribution is 7.99. The summed E-state index contributed by atoms with van der Waals surface area (Å²) in [6.45, 7) is 3.82. The zero-order chi connectivity index (χ0) is 14.0. The average Bonchev–Trinajstić information content (AvgIpc) is 2.31. The van der Waals surface area contributed by atoms with Crippen molar-refractivity contribution in [1.82, 2.24) is 5.32 Å². The molecule has 0 fully saturated rings. The highest BCUT2D eigenvalue weighted by Crippen LogP contribution is 2.22. The topological polar surface area (TPSA) is 90.2 Å². The Hall–Kier alpha value is -1.22. The van der Waals surface area contributed by atoms with Gasteiger partial charge >= 0.3 is 5.97 Å². The number of carboxylic acids is 1. The number of hydrogen-bond acceptors (Lipinski definition) is 4. The molecule has 0 aliphatic heterocycles. The Morgan fingerprint density at radius 2 is 2.22 bits per heavy atom. The van der Waals surface area contributed by atoms with Crippen LogP contribution in [0.5, 0.6) is 0 Å². The van der Waals surface area contributed by atoms with E-state index in [-0.39, 0.29) is 5.41 Å². The van der Waals surface area contributed by atoms with E-state index in [2.05, 4.69) is 11.4 Å². The molecular weight excluding hydrogens is 252 g/mol. The van der Waals surface area contributed by atoms with Gasteiger partial charge in [0.15, 0.2) is 0 Å². The summed E-state index contributed by atoms with van der Waals surface area (Å²) in [5, 5.41) is 19.9. The normalized spacial score (nSPS) is 12.5. The highest BCUT2D eigenvalue weighted by atomic mass is 32.2. The summed E-state index contributed by atoms with van der Waals surface area (Å²) in [6.07, 6.45) is 2.61. The van der Waals surface area contributed by atoms with E-state index in [1.54, 1.807) is 11.8 Å². The molecule has 0 heterocycles. The molecule has 0 bridgehead atoms. The van der Waals surface area contributed by atoms with Crippen molar-refractivity contribution in [1.29, 1.82) is 5.26 Å². The summed E-state index contributed by atoms with van der Waals surface area (Å²) >= 11 is 1.65. The fourth-order valence-electron chi connectivity index (χ4n) is 1.34. The predicted octanol–water partition coefficient (Wildman–Crippen LogP) is 1.64. The van der Waals surface area contributed by atoms with Crippen molar-refractivity contribution in [3.05, 3.63) is 0 Å². The van der Waals surface area contributed by atoms with Gasteiger partial charge in [0.25, 0.3) is 0 Å². The minimum atomic E-state index is -1.01. The highest BCUT2D eigenvalue weighted by Gasteiger charge is 2.17. The van der Waals surface area contributed by atoms with Crippen molar-refractivity contribution in [2.45, 2.75) is 39.2 Å². The minimum Gasteiger partial charge on any atom is -0.480 e. The van der Waals surface area contributed by atoms with Crippen LogP contribution in [0.1, 0.15) is 33.1 Å². The first-order valence-electron chi connectivity index (χ1n) is 5.84. The standard InChI is InChI=1S/C12H20N2O3S/c1-12(2,8-13)5-3-6-18-7-4-10(11(16)17)14-9-15/h9-10H,3-7H2,1-2H3,(H,14,15)(H,16,17). The van der Waals surface area contributed by atoms with Crippen LogP contribution >= 0.6 is 11.8 Å². The first-order chi connectivity index (χ1) is 8.43. The molecule has 0 aromatic rings. The maximum absolute atomic E-state index is 10.7. The third kappa shape index (κ3) is 7.96. The van der Waals surface area contributed by atoms with Gasteiger partial charge in [-0.25, -0.2) is 4.79 Å². The maximum Gasteiger partial charge on any atom is 0.326 e. The Kier molecular flexibility index (Phi) is 8.21. The molecule has 5 nitrogen and oxygen atoms in total. The van der Waals surface area contributed by atoms with Crippen LogP contribution < -0.4 is 5.32 Å². The summed E-state index contributed by atoms with van der Waals surface area (Å²) in [6, 6.07) is 1.45. The van der Waals surface area contributed by atoms with E-state index < -0.39 is 12.0 Å². The number of amides is 1. The third-order valence-electron chi connectivity index (χ3n) is 2.51. The Morgan fingerprint density at radius 3 is 2.72 bits per heavy atom. The number of carbonyl (C=O) groups excluding carboxylic acids is 1. The molecule has 0 saturated heterocycles. The minimum absolute atomic E-state index is 0.288. The Bertz CT molecular complexity index is 313. The molecule has 1 unspecified atom stereocenters. The lowest BCUT2D eigenvalue weighted by Crippen LogP contribution is -2.36. The molecule has 18 heavy (non-hydrogen) atoms. The van der Waals surface area contributed by atoms with Crippen molar-refractivity contribution < 1.29 is 14.7 Å². The van der Waals surface area contributed by atoms with Crippen LogP contribution in [0.15, 0.2) is 0 Å². The SMILES string of the molecule is CC(C)(C#N)CCCSCCC(NC=O)C(=O)O. The van der Waals surface area contributed by atoms with Crippen molar-refractivity contribution in [2.24, 2.45) is 5.41 Å². The van der Waals surface area contributed by atoms with E-state index in [1.165, 1.54) is 0 Å². The molecule has 2 N–H and O–H groups in total. The van der Waals surface area contributed by atoms with Crippen LogP contribution in [0, 0.1) is 16.7 Å². The molecule has 0 rings (SSSR count). The number of carbonyl (C=O) groups is 2. The summed E-state index contributed by atoms with van der Waals surface area (Å²) in [5.41, 5.74) is -0.288. The lowest BCUT2D eigenvalue weighted by Gasteiger charge is -2.14. The predicted molar refractivity (Wildman–Crippen MR) is 71.2 cm³/mol. The lowest BCUT2D eigenvalue weighted by molar-refractivity contribution is -0.140. The monoisotopic (exact) mass is 272 g/mol. The summed E-state index contributed by atoms with van der Waals surface area (Å²) < 4.78 is 0. The van der Waals surface area contributed by atoms with Gasteiger partial charge in [0.2, 0.25) is 6.41 Å². The van der Waals surface area contributed by atoms with Crippen LogP contribution in [0.3, 0.4) is 0 Å². The van der Waals surface area contributed by atoms with Crippen LogP contribution in [-0.2, 0) is 9.59 Å². The molecule has 1 atom stereocenters. The number of nitrogens with zero attached hydrogens (tertiary/aromatic N) is 1. The molecule has 0 spiro atoms. The Morgan fingerprint density at radius 1 is 1.56 bits per heavy atom. The van der Waals surface area contributed by atoms with Crippen LogP contribution in [0.4, 0.5) is 0 Å². The molecule has 1 amide bonds. The lowest BCUT2D eigenvalue weighted by atomic mass is 9.90. The number of nitrogens with one attached hydrogen (secondary N) is 1. The van der Waals surface area contributed by atoms with Crippen molar-refractivity contribution in [3.8, 4) is 6.07 Å². The summed E-state index contributed by atoms with van der Waals surface area (Å²) in [4.78, 5) is 20.9. The molecule has 0 aromatic carbocycles. The second-order valence-corrected chi connectivity index (χ2v) is 5.90. The molecule has 102 valence electrons. The summed E-state index contributed by atoms with van der Waals surface area (Å²) in [5.74, 6) is 0.580. The number of rotatable bonds is 10. The Labute approximate surface area is 112 Å². The molecular formula is C12H20N2O3S. The van der Waals surface area contributed by atoms with E-state index in [1.807, 2.05) is 13.8 Å². The van der Waals surface area contributed by atoms with Gasteiger partial charge in [-0.15, -0.1) is 0 Å². The zero-order valence-electron chi connectivity index (χ0n) is 10.8. The number of nitriles is 1. The second-order valence-electron chi connectivity index (χ2n) is 4.68. The van der Waals surface area contributed by atoms with E-state index >= 15 is 0 Å². The average molecular weight is 272 g/mol. The quantitative estimate of drug-likeness (QED) is 0.466. The fourth-order valence-corrected chi connectivity index (χ4v) is 2.29. The summed E-state index contributed by atoms with van der Waals surface area (Å²) in [7, 11) is 0. The van der Waals surface area contributed by atoms with Gasteiger partial charge in [0.05, 0.1) is 11.5 Å². The van der Waals surface area contributed by atoms with E-state index in [9.17, 15) is 9.59 Å². The van der Waals surface area contributed by atoms with Crippen molar-refractivity contribution >= 4 is 24.1 Å². The smallest absolute Gasteiger partial charge is 0.326 e. The first-order valence-corrected chi connectivity index (χ1v) is 7.00. The zero-order valence-corrected chi connectivity index (χ0v) is 11.6. The maximum atomic E-state index is 10.7. The van der Waals surface area contributed by atoms with Gasteiger partial charge in [0.1, 0.15) is 6.04 Å². The van der Waals surface area contributed by atoms with Crippen LogP contribution in [0.2, 0.25) is 0 Å². The number of aliphatic carboxylic acids is 1. The molecule has 0 radical (unpaired) electrons. The van der Waals surface area contributed by atoms with Crippen molar-refractivity contribution in [2.75, 3.05) is 11.5 Å². The van der Waals surface area contributed by atoms with Gasteiger partial charge in [0, 0.05) is 0 Å². The number of hydrogen-bond donors (Lipinski definition) is 2. The van der Waals surface area contributed by atoms with E-state index in [0.29, 0.717) is 18.6 Å². The molecule has 6 heteroatoms. The number of thioether (sulfide) groups is 1. The molecule has 0 saturated carbocycles. The largest absolute Gasteiger partial charge is 0.480 e. The van der Waals surface area contributed by atoms with Crippen LogP contribution in [-0.4, -0.2) is 35.0 Å². The van der Waals surface area contributed by atoms with Gasteiger partial charge < -0.3 is 10.4 Å². The fraction of sp³-hybridized carbons (Fsp3) is 0.750. The van der Waals surface area contributed by atoms with Gasteiger partial charge in [-0.1, -0.05) is 0 Å². The van der Waals surface area contributed by atoms with Gasteiger partial charge in [-0.2, -0.15) is 17.0 Å². The molecule has 0 aromatic heterocycles. The first kappa shape index (κ1) is 16.8. The van der Waals surface area contributed by atoms with Gasteiger partial charge in [-0.3, -0.25) is 4.79 Å². The van der Waals surface area contributed by atoms with E-state index in [0.717, 1.165) is 18.6 Å². The second kappa shape index (κ2) is 8.81.